The zero-order chi connectivity index (χ0) is 27.3. The van der Waals surface area contributed by atoms with Gasteiger partial charge in [-0.2, -0.15) is 0 Å². The Balaban J connectivity index is 1.72. The molecule has 37 heavy (non-hydrogen) atoms. The van der Waals surface area contributed by atoms with Crippen molar-refractivity contribution < 1.29 is 18.7 Å². The molecule has 0 spiro atoms. The highest BCUT2D eigenvalue weighted by Crippen LogP contribution is 2.38. The van der Waals surface area contributed by atoms with Crippen LogP contribution in [0.15, 0.2) is 60.7 Å². The van der Waals surface area contributed by atoms with Crippen molar-refractivity contribution in [3.8, 4) is 0 Å². The lowest BCUT2D eigenvalue weighted by Gasteiger charge is -2.44. The van der Waals surface area contributed by atoms with Crippen LogP contribution in [0.25, 0.3) is 0 Å². The summed E-state index contributed by atoms with van der Waals surface area (Å²) in [6.45, 7) is 17.6. The van der Waals surface area contributed by atoms with Crippen molar-refractivity contribution in [3.63, 3.8) is 0 Å². The van der Waals surface area contributed by atoms with E-state index in [4.69, 9.17) is 13.9 Å². The van der Waals surface area contributed by atoms with Crippen LogP contribution in [-0.2, 0) is 18.7 Å². The second-order valence-electron chi connectivity index (χ2n) is 13.2. The van der Waals surface area contributed by atoms with Crippen molar-refractivity contribution in [1.29, 1.82) is 0 Å². The van der Waals surface area contributed by atoms with E-state index in [0.29, 0.717) is 18.4 Å². The van der Waals surface area contributed by atoms with Crippen LogP contribution in [0.4, 0.5) is 0 Å². The van der Waals surface area contributed by atoms with E-state index in [1.165, 1.54) is 16.8 Å². The van der Waals surface area contributed by atoms with Gasteiger partial charge >= 0.3 is 5.97 Å². The van der Waals surface area contributed by atoms with Gasteiger partial charge in [-0.3, -0.25) is 0 Å². The molecule has 1 aliphatic carbocycles. The highest BCUT2D eigenvalue weighted by molar-refractivity contribution is 6.99. The molecule has 5 heteroatoms. The van der Waals surface area contributed by atoms with E-state index in [9.17, 15) is 4.79 Å². The monoisotopic (exact) mass is 524 g/mol. The number of hydrogen-bond donors (Lipinski definition) is 0. The number of esters is 1. The molecule has 1 aliphatic rings. The number of hydrogen-bond acceptors (Lipinski definition) is 4. The fourth-order valence-corrected chi connectivity index (χ4v) is 10.1. The first-order valence-corrected chi connectivity index (χ1v) is 15.8. The van der Waals surface area contributed by atoms with Crippen LogP contribution in [0.1, 0.15) is 81.1 Å². The molecule has 0 N–H and O–H groups in total. The Hall–Kier alpha value is -1.95. The van der Waals surface area contributed by atoms with Crippen LogP contribution in [0, 0.1) is 11.8 Å². The van der Waals surface area contributed by atoms with Crippen molar-refractivity contribution in [2.24, 2.45) is 11.8 Å². The lowest BCUT2D eigenvalue weighted by molar-refractivity contribution is -0.181. The molecule has 0 radical (unpaired) electrons. The van der Waals surface area contributed by atoms with Crippen LogP contribution in [0.5, 0.6) is 0 Å². The lowest BCUT2D eigenvalue weighted by atomic mass is 9.82. The average molecular weight is 525 g/mol. The summed E-state index contributed by atoms with van der Waals surface area (Å²) in [5, 5.41) is 2.62. The highest BCUT2D eigenvalue weighted by Gasteiger charge is 2.50. The summed E-state index contributed by atoms with van der Waals surface area (Å²) in [5.74, 6) is 0.597. The maximum Gasteiger partial charge on any atom is 0.338 e. The van der Waals surface area contributed by atoms with E-state index in [1.807, 2.05) is 34.6 Å². The van der Waals surface area contributed by atoms with E-state index < -0.39 is 19.5 Å². The van der Waals surface area contributed by atoms with Gasteiger partial charge in [-0.1, -0.05) is 87.9 Å². The molecule has 2 aromatic rings. The summed E-state index contributed by atoms with van der Waals surface area (Å²) < 4.78 is 18.9. The van der Waals surface area contributed by atoms with Gasteiger partial charge < -0.3 is 13.9 Å². The van der Waals surface area contributed by atoms with Crippen molar-refractivity contribution >= 4 is 24.7 Å². The minimum absolute atomic E-state index is 0.0235. The Morgan fingerprint density at radius 2 is 1.27 bits per heavy atom. The first-order valence-electron chi connectivity index (χ1n) is 13.9. The molecule has 204 valence electrons. The van der Waals surface area contributed by atoms with E-state index in [0.717, 1.165) is 25.9 Å². The molecule has 0 aliphatic heterocycles. The maximum atomic E-state index is 12.6. The fraction of sp³-hybridized carbons (Fsp3) is 0.594. The van der Waals surface area contributed by atoms with Gasteiger partial charge in [0, 0.05) is 6.61 Å². The van der Waals surface area contributed by atoms with Gasteiger partial charge in [0.1, 0.15) is 5.60 Å². The third-order valence-electron chi connectivity index (χ3n) is 7.41. The van der Waals surface area contributed by atoms with Crippen molar-refractivity contribution in [3.05, 3.63) is 60.7 Å². The topological polar surface area (TPSA) is 44.8 Å². The average Bonchev–Trinajstić information content (AvgIpc) is 2.83. The smallest absolute Gasteiger partial charge is 0.338 e. The molecule has 0 amide bonds. The Labute approximate surface area is 226 Å². The van der Waals surface area contributed by atoms with Gasteiger partial charge in [0.05, 0.1) is 6.61 Å². The molecule has 1 saturated carbocycles. The Morgan fingerprint density at radius 1 is 0.784 bits per heavy atom. The summed E-state index contributed by atoms with van der Waals surface area (Å²) in [5.41, 5.74) is -1.47. The summed E-state index contributed by atoms with van der Waals surface area (Å²) in [6, 6.07) is 21.7. The molecule has 0 heterocycles. The molecule has 3 rings (SSSR count). The summed E-state index contributed by atoms with van der Waals surface area (Å²) in [4.78, 5) is 12.6. The zero-order valence-corrected chi connectivity index (χ0v) is 25.3. The molecule has 0 bridgehead atoms. The molecule has 1 unspecified atom stereocenters. The molecule has 2 aromatic carbocycles. The van der Waals surface area contributed by atoms with E-state index in [1.54, 1.807) is 0 Å². The fourth-order valence-electron chi connectivity index (χ4n) is 5.50. The summed E-state index contributed by atoms with van der Waals surface area (Å²) >= 11 is 0. The van der Waals surface area contributed by atoms with Gasteiger partial charge in [-0.05, 0) is 81.1 Å². The SMILES string of the molecule is CC(C)(C)OC(=O)C(C)(C)OCC1CCC[C@@H](CO[Si](c2ccccc2)(c2ccccc2)C(C)(C)C)C1. The third kappa shape index (κ3) is 7.55. The normalized spacial score (nSPS) is 19.5. The number of carbonyl (C=O) groups is 1. The van der Waals surface area contributed by atoms with Crippen LogP contribution in [0.3, 0.4) is 0 Å². The molecule has 0 aromatic heterocycles. The Morgan fingerprint density at radius 3 is 1.73 bits per heavy atom. The number of rotatable bonds is 9. The standard InChI is InChI=1S/C32H48O4Si/c1-30(2,3)36-29(33)32(7,8)34-23-25-16-15-17-26(22-25)24-35-37(31(4,5)6,27-18-11-9-12-19-27)28-20-13-10-14-21-28/h9-14,18-21,25-26H,15-17,22-24H2,1-8H3/t25?,26-/m1/s1. The molecular weight excluding hydrogens is 476 g/mol. The predicted molar refractivity (Wildman–Crippen MR) is 155 cm³/mol. The summed E-state index contributed by atoms with van der Waals surface area (Å²) in [6.07, 6.45) is 4.52. The number of ether oxygens (including phenoxy) is 2. The van der Waals surface area contributed by atoms with Gasteiger partial charge in [0.15, 0.2) is 5.60 Å². The van der Waals surface area contributed by atoms with Gasteiger partial charge in [0.2, 0.25) is 0 Å². The second kappa shape index (κ2) is 11.8. The van der Waals surface area contributed by atoms with Crippen LogP contribution in [-0.4, -0.2) is 38.7 Å². The first-order chi connectivity index (χ1) is 17.2. The van der Waals surface area contributed by atoms with Gasteiger partial charge in [-0.25, -0.2) is 4.79 Å². The quantitative estimate of drug-likeness (QED) is 0.277. The number of carbonyl (C=O) groups excluding carboxylic acids is 1. The highest BCUT2D eigenvalue weighted by atomic mass is 28.4. The minimum atomic E-state index is -2.53. The van der Waals surface area contributed by atoms with Crippen LogP contribution in [0.2, 0.25) is 5.04 Å². The largest absolute Gasteiger partial charge is 0.458 e. The Bertz CT molecular complexity index is 949. The molecule has 1 fully saturated rings. The predicted octanol–water partition coefficient (Wildman–Crippen LogP) is 6.51. The van der Waals surface area contributed by atoms with Crippen molar-refractivity contribution in [2.45, 2.75) is 97.3 Å². The van der Waals surface area contributed by atoms with Crippen LogP contribution < -0.4 is 10.4 Å². The van der Waals surface area contributed by atoms with E-state index in [2.05, 4.69) is 81.4 Å². The molecular formula is C32H48O4Si. The second-order valence-corrected chi connectivity index (χ2v) is 17.5. The van der Waals surface area contributed by atoms with E-state index in [-0.39, 0.29) is 11.0 Å². The maximum absolute atomic E-state index is 12.6. The third-order valence-corrected chi connectivity index (χ3v) is 12.4. The van der Waals surface area contributed by atoms with Gasteiger partial charge in [-0.15, -0.1) is 0 Å². The molecule has 0 saturated heterocycles. The molecule has 2 atom stereocenters. The van der Waals surface area contributed by atoms with Crippen molar-refractivity contribution in [1.82, 2.24) is 0 Å². The van der Waals surface area contributed by atoms with Crippen molar-refractivity contribution in [2.75, 3.05) is 13.2 Å². The minimum Gasteiger partial charge on any atom is -0.458 e. The summed E-state index contributed by atoms with van der Waals surface area (Å²) in [7, 11) is -2.53. The molecule has 4 nitrogen and oxygen atoms in total. The van der Waals surface area contributed by atoms with Gasteiger partial charge in [0.25, 0.3) is 8.32 Å². The lowest BCUT2D eigenvalue weighted by Crippen LogP contribution is -2.67. The first kappa shape index (κ1) is 29.6. The number of benzene rings is 2. The Kier molecular flexibility index (Phi) is 9.47. The van der Waals surface area contributed by atoms with Crippen LogP contribution >= 0.6 is 0 Å². The van der Waals surface area contributed by atoms with E-state index >= 15 is 0 Å². The zero-order valence-electron chi connectivity index (χ0n) is 24.3.